The number of fused-ring (bicyclic) bond motifs is 1. The third-order valence-corrected chi connectivity index (χ3v) is 4.36. The highest BCUT2D eigenvalue weighted by Crippen LogP contribution is 2.34. The van der Waals surface area contributed by atoms with Crippen molar-refractivity contribution in [2.24, 2.45) is 5.92 Å². The SMILES string of the molecule is CC(O)C1CCN(c2nc3sccn3c2[N+](=O)[O-])C1. The Morgan fingerprint density at radius 3 is 3.11 bits per heavy atom. The van der Waals surface area contributed by atoms with Crippen LogP contribution in [-0.4, -0.2) is 38.6 Å². The van der Waals surface area contributed by atoms with Crippen LogP contribution >= 0.6 is 11.3 Å². The summed E-state index contributed by atoms with van der Waals surface area (Å²) in [6.07, 6.45) is 2.10. The van der Waals surface area contributed by atoms with Crippen molar-refractivity contribution in [3.05, 3.63) is 21.7 Å². The number of aromatic nitrogens is 2. The molecule has 1 fully saturated rings. The van der Waals surface area contributed by atoms with E-state index in [1.54, 1.807) is 18.5 Å². The molecule has 19 heavy (non-hydrogen) atoms. The van der Waals surface area contributed by atoms with Crippen LogP contribution in [0.5, 0.6) is 0 Å². The quantitative estimate of drug-likeness (QED) is 0.681. The van der Waals surface area contributed by atoms with Gasteiger partial charge >= 0.3 is 5.82 Å². The number of aliphatic hydroxyl groups is 1. The summed E-state index contributed by atoms with van der Waals surface area (Å²) < 4.78 is 1.51. The molecule has 2 unspecified atom stereocenters. The zero-order valence-corrected chi connectivity index (χ0v) is 11.2. The minimum atomic E-state index is -0.396. The molecule has 3 heterocycles. The molecule has 1 N–H and O–H groups in total. The lowest BCUT2D eigenvalue weighted by atomic mass is 10.0. The first-order valence-electron chi connectivity index (χ1n) is 6.11. The van der Waals surface area contributed by atoms with Crippen molar-refractivity contribution in [3.8, 4) is 0 Å². The number of nitro groups is 1. The Labute approximate surface area is 113 Å². The van der Waals surface area contributed by atoms with Gasteiger partial charge in [0.2, 0.25) is 5.82 Å². The second-order valence-corrected chi connectivity index (χ2v) is 5.68. The average molecular weight is 282 g/mol. The minimum absolute atomic E-state index is 0.0162. The highest BCUT2D eigenvalue weighted by Gasteiger charge is 2.33. The van der Waals surface area contributed by atoms with Crippen molar-refractivity contribution in [2.45, 2.75) is 19.4 Å². The highest BCUT2D eigenvalue weighted by atomic mass is 32.1. The van der Waals surface area contributed by atoms with Gasteiger partial charge in [0.05, 0.1) is 6.10 Å². The molecule has 1 aliphatic rings. The number of rotatable bonds is 3. The van der Waals surface area contributed by atoms with Crippen LogP contribution in [0.25, 0.3) is 4.96 Å². The van der Waals surface area contributed by atoms with E-state index < -0.39 is 11.0 Å². The van der Waals surface area contributed by atoms with Gasteiger partial charge in [-0.3, -0.25) is 0 Å². The maximum atomic E-state index is 11.2. The summed E-state index contributed by atoms with van der Waals surface area (Å²) in [6, 6.07) is 0. The second kappa shape index (κ2) is 4.46. The molecular weight excluding hydrogens is 268 g/mol. The number of hydrogen-bond donors (Lipinski definition) is 1. The lowest BCUT2D eigenvalue weighted by Crippen LogP contribution is -2.24. The van der Waals surface area contributed by atoms with E-state index in [2.05, 4.69) is 4.98 Å². The zero-order chi connectivity index (χ0) is 13.6. The molecule has 8 heteroatoms. The summed E-state index contributed by atoms with van der Waals surface area (Å²) in [5.41, 5.74) is 0. The third kappa shape index (κ3) is 1.96. The van der Waals surface area contributed by atoms with Gasteiger partial charge in [0, 0.05) is 24.4 Å². The Morgan fingerprint density at radius 1 is 1.68 bits per heavy atom. The van der Waals surface area contributed by atoms with Crippen LogP contribution in [0.15, 0.2) is 11.6 Å². The molecule has 0 spiro atoms. The highest BCUT2D eigenvalue weighted by molar-refractivity contribution is 7.15. The Kier molecular flexibility index (Phi) is 2.90. The first kappa shape index (κ1) is 12.4. The summed E-state index contributed by atoms with van der Waals surface area (Å²) in [6.45, 7) is 3.07. The second-order valence-electron chi connectivity index (χ2n) is 4.81. The number of imidazole rings is 1. The molecule has 2 atom stereocenters. The molecule has 1 aliphatic heterocycles. The van der Waals surface area contributed by atoms with E-state index in [-0.39, 0.29) is 11.7 Å². The molecule has 7 nitrogen and oxygen atoms in total. The number of hydrogen-bond acceptors (Lipinski definition) is 6. The average Bonchev–Trinajstić information content (AvgIpc) is 3.02. The predicted octanol–water partition coefficient (Wildman–Crippen LogP) is 1.51. The standard InChI is InChI=1S/C11H14N4O3S/c1-7(16)8-2-3-13(6-8)9-10(15(17)18)14-4-5-19-11(14)12-9/h4-5,7-8,16H,2-3,6H2,1H3. The molecule has 0 bridgehead atoms. The van der Waals surface area contributed by atoms with Crippen LogP contribution in [0.1, 0.15) is 13.3 Å². The fourth-order valence-electron chi connectivity index (χ4n) is 2.52. The monoisotopic (exact) mass is 282 g/mol. The minimum Gasteiger partial charge on any atom is -0.393 e. The molecule has 3 rings (SSSR count). The van der Waals surface area contributed by atoms with Crippen molar-refractivity contribution in [3.63, 3.8) is 0 Å². The van der Waals surface area contributed by atoms with Crippen LogP contribution in [0.4, 0.5) is 11.6 Å². The summed E-state index contributed by atoms with van der Waals surface area (Å²) in [7, 11) is 0. The molecule has 0 amide bonds. The molecule has 2 aromatic rings. The zero-order valence-electron chi connectivity index (χ0n) is 10.4. The van der Waals surface area contributed by atoms with E-state index >= 15 is 0 Å². The molecule has 1 saturated heterocycles. The fourth-order valence-corrected chi connectivity index (χ4v) is 3.22. The van der Waals surface area contributed by atoms with E-state index in [0.717, 1.165) is 6.42 Å². The predicted molar refractivity (Wildman–Crippen MR) is 71.7 cm³/mol. The lowest BCUT2D eigenvalue weighted by Gasteiger charge is -2.16. The largest absolute Gasteiger partial charge is 0.393 e. The van der Waals surface area contributed by atoms with Gasteiger partial charge in [-0.05, 0) is 18.3 Å². The van der Waals surface area contributed by atoms with E-state index in [1.807, 2.05) is 4.90 Å². The van der Waals surface area contributed by atoms with Crippen molar-refractivity contribution in [1.29, 1.82) is 0 Å². The Balaban J connectivity index is 1.99. The Bertz CT molecular complexity index is 621. The maximum absolute atomic E-state index is 11.2. The van der Waals surface area contributed by atoms with Gasteiger partial charge in [0.25, 0.3) is 4.96 Å². The number of thiazole rings is 1. The van der Waals surface area contributed by atoms with Crippen molar-refractivity contribution >= 4 is 27.9 Å². The molecule has 102 valence electrons. The number of nitrogens with zero attached hydrogens (tertiary/aromatic N) is 4. The van der Waals surface area contributed by atoms with Gasteiger partial charge in [-0.1, -0.05) is 11.3 Å². The molecule has 2 aromatic heterocycles. The first-order chi connectivity index (χ1) is 9.08. The Hall–Kier alpha value is -1.67. The van der Waals surface area contributed by atoms with Crippen LogP contribution in [0.2, 0.25) is 0 Å². The van der Waals surface area contributed by atoms with Crippen molar-refractivity contribution in [2.75, 3.05) is 18.0 Å². The van der Waals surface area contributed by atoms with Crippen molar-refractivity contribution in [1.82, 2.24) is 9.38 Å². The fraction of sp³-hybridized carbons (Fsp3) is 0.545. The van der Waals surface area contributed by atoms with Gasteiger partial charge in [-0.2, -0.15) is 9.38 Å². The molecule has 0 saturated carbocycles. The number of anilines is 1. The van der Waals surface area contributed by atoms with Crippen LogP contribution in [0, 0.1) is 16.0 Å². The van der Waals surface area contributed by atoms with Gasteiger partial charge < -0.3 is 20.1 Å². The van der Waals surface area contributed by atoms with Crippen LogP contribution < -0.4 is 4.90 Å². The summed E-state index contributed by atoms with van der Waals surface area (Å²) >= 11 is 1.38. The maximum Gasteiger partial charge on any atom is 0.373 e. The van der Waals surface area contributed by atoms with E-state index in [4.69, 9.17) is 0 Å². The first-order valence-corrected chi connectivity index (χ1v) is 6.99. The van der Waals surface area contributed by atoms with Gasteiger partial charge in [0.15, 0.2) is 0 Å². The smallest absolute Gasteiger partial charge is 0.373 e. The van der Waals surface area contributed by atoms with Crippen LogP contribution in [0.3, 0.4) is 0 Å². The van der Waals surface area contributed by atoms with Crippen LogP contribution in [-0.2, 0) is 0 Å². The topological polar surface area (TPSA) is 83.9 Å². The lowest BCUT2D eigenvalue weighted by molar-refractivity contribution is -0.389. The van der Waals surface area contributed by atoms with Crippen molar-refractivity contribution < 1.29 is 10.0 Å². The third-order valence-electron chi connectivity index (χ3n) is 3.60. The van der Waals surface area contributed by atoms with Gasteiger partial charge in [0.1, 0.15) is 6.20 Å². The molecule has 0 aliphatic carbocycles. The summed E-state index contributed by atoms with van der Waals surface area (Å²) in [5.74, 6) is 0.585. The van der Waals surface area contributed by atoms with Gasteiger partial charge in [-0.15, -0.1) is 0 Å². The molecule has 0 aromatic carbocycles. The Morgan fingerprint density at radius 2 is 2.47 bits per heavy atom. The summed E-state index contributed by atoms with van der Waals surface area (Å²) in [4.78, 5) is 17.7. The van der Waals surface area contributed by atoms with E-state index in [0.29, 0.717) is 23.9 Å². The molecular formula is C11H14N4O3S. The van der Waals surface area contributed by atoms with Gasteiger partial charge in [-0.25, -0.2) is 0 Å². The molecule has 0 radical (unpaired) electrons. The summed E-state index contributed by atoms with van der Waals surface area (Å²) in [5, 5.41) is 22.6. The normalized spacial score (nSPS) is 21.2. The number of aliphatic hydroxyl groups excluding tert-OH is 1. The van der Waals surface area contributed by atoms with E-state index in [1.165, 1.54) is 15.7 Å². The van der Waals surface area contributed by atoms with E-state index in [9.17, 15) is 15.2 Å².